The van der Waals surface area contributed by atoms with Crippen LogP contribution in [-0.4, -0.2) is 42.4 Å². The third kappa shape index (κ3) is 5.10. The van der Waals surface area contributed by atoms with Gasteiger partial charge in [-0.2, -0.15) is 0 Å². The van der Waals surface area contributed by atoms with Gasteiger partial charge in [-0.3, -0.25) is 9.88 Å². The molecule has 0 radical (unpaired) electrons. The highest BCUT2D eigenvalue weighted by atomic mass is 35.5. The summed E-state index contributed by atoms with van der Waals surface area (Å²) in [4.78, 5) is 6.40. The number of pyridine rings is 1. The molecule has 0 amide bonds. The number of halogens is 1. The van der Waals surface area contributed by atoms with E-state index in [0.29, 0.717) is 24.7 Å². The number of aliphatic hydroxyl groups excluding tert-OH is 1. The molecule has 1 N–H and O–H groups in total. The highest BCUT2D eigenvalue weighted by Gasteiger charge is 2.12. The van der Waals surface area contributed by atoms with E-state index in [-0.39, 0.29) is 6.61 Å². The lowest BCUT2D eigenvalue weighted by Crippen LogP contribution is -2.26. The van der Waals surface area contributed by atoms with E-state index < -0.39 is 0 Å². The van der Waals surface area contributed by atoms with Crippen molar-refractivity contribution >= 4 is 11.6 Å². The van der Waals surface area contributed by atoms with Gasteiger partial charge >= 0.3 is 0 Å². The van der Waals surface area contributed by atoms with Gasteiger partial charge in [-0.1, -0.05) is 17.7 Å². The molecule has 0 aliphatic rings. The Labute approximate surface area is 141 Å². The van der Waals surface area contributed by atoms with Crippen LogP contribution < -0.4 is 9.47 Å². The number of aliphatic hydroxyl groups is 1. The van der Waals surface area contributed by atoms with Crippen LogP contribution in [0.3, 0.4) is 0 Å². The first kappa shape index (κ1) is 17.5. The molecule has 0 bridgehead atoms. The van der Waals surface area contributed by atoms with Gasteiger partial charge in [0.15, 0.2) is 0 Å². The number of hydrogen-bond donors (Lipinski definition) is 1. The molecule has 0 spiro atoms. The quantitative estimate of drug-likeness (QED) is 0.803. The number of benzene rings is 1. The summed E-state index contributed by atoms with van der Waals surface area (Å²) in [6.07, 6.45) is 1.63. The van der Waals surface area contributed by atoms with Gasteiger partial charge in [0.1, 0.15) is 11.5 Å². The summed E-state index contributed by atoms with van der Waals surface area (Å²) in [5.41, 5.74) is 1.92. The van der Waals surface area contributed by atoms with E-state index in [1.165, 1.54) is 0 Å². The Hall–Kier alpha value is -1.82. The van der Waals surface area contributed by atoms with E-state index >= 15 is 0 Å². The minimum Gasteiger partial charge on any atom is -0.497 e. The number of hydrogen-bond acceptors (Lipinski definition) is 5. The lowest BCUT2D eigenvalue weighted by Gasteiger charge is -2.22. The maximum atomic E-state index is 9.31. The number of nitrogens with zero attached hydrogens (tertiary/aromatic N) is 2. The smallest absolute Gasteiger partial charge is 0.127 e. The maximum Gasteiger partial charge on any atom is 0.127 e. The van der Waals surface area contributed by atoms with Crippen molar-refractivity contribution in [2.24, 2.45) is 0 Å². The van der Waals surface area contributed by atoms with Crippen LogP contribution in [0, 0.1) is 0 Å². The van der Waals surface area contributed by atoms with Crippen molar-refractivity contribution in [1.29, 1.82) is 0 Å². The first-order valence-electron chi connectivity index (χ1n) is 7.30. The molecule has 1 heterocycles. The van der Waals surface area contributed by atoms with Crippen molar-refractivity contribution < 1.29 is 14.6 Å². The highest BCUT2D eigenvalue weighted by Crippen LogP contribution is 2.26. The minimum atomic E-state index is 0.0755. The molecule has 124 valence electrons. The van der Waals surface area contributed by atoms with Crippen LogP contribution in [0.1, 0.15) is 11.3 Å². The second kappa shape index (κ2) is 8.72. The molecule has 0 unspecified atom stereocenters. The van der Waals surface area contributed by atoms with Gasteiger partial charge in [-0.15, -0.1) is 0 Å². The lowest BCUT2D eigenvalue weighted by atomic mass is 10.1. The predicted molar refractivity (Wildman–Crippen MR) is 90.0 cm³/mol. The lowest BCUT2D eigenvalue weighted by molar-refractivity contribution is 0.181. The van der Waals surface area contributed by atoms with Crippen LogP contribution in [0.15, 0.2) is 36.5 Å². The molecule has 0 fully saturated rings. The minimum absolute atomic E-state index is 0.0755. The van der Waals surface area contributed by atoms with Crippen LogP contribution in [0.5, 0.6) is 11.5 Å². The topological polar surface area (TPSA) is 54.8 Å². The summed E-state index contributed by atoms with van der Waals surface area (Å²) < 4.78 is 10.6. The third-order valence-corrected chi connectivity index (χ3v) is 3.70. The Morgan fingerprint density at radius 2 is 1.96 bits per heavy atom. The van der Waals surface area contributed by atoms with Crippen molar-refractivity contribution in [1.82, 2.24) is 9.88 Å². The standard InChI is InChI=1S/C17H21ClN2O3/c1-22-16-6-3-13(17(9-16)23-2)11-20(7-8-21)12-15-5-4-14(18)10-19-15/h3-6,9-10,21H,7-8,11-12H2,1-2H3. The van der Waals surface area contributed by atoms with Gasteiger partial charge in [0.25, 0.3) is 0 Å². The van der Waals surface area contributed by atoms with Crippen molar-refractivity contribution in [3.05, 3.63) is 52.8 Å². The highest BCUT2D eigenvalue weighted by molar-refractivity contribution is 6.30. The van der Waals surface area contributed by atoms with Crippen molar-refractivity contribution in [3.8, 4) is 11.5 Å². The number of ether oxygens (including phenoxy) is 2. The monoisotopic (exact) mass is 336 g/mol. The van der Waals surface area contributed by atoms with E-state index in [2.05, 4.69) is 9.88 Å². The zero-order valence-electron chi connectivity index (χ0n) is 13.3. The first-order chi connectivity index (χ1) is 11.2. The summed E-state index contributed by atoms with van der Waals surface area (Å²) in [6, 6.07) is 9.42. The van der Waals surface area contributed by atoms with Gasteiger partial charge in [0.2, 0.25) is 0 Å². The molecule has 23 heavy (non-hydrogen) atoms. The van der Waals surface area contributed by atoms with Gasteiger partial charge in [-0.25, -0.2) is 0 Å². The summed E-state index contributed by atoms with van der Waals surface area (Å²) in [6.45, 7) is 1.87. The summed E-state index contributed by atoms with van der Waals surface area (Å²) in [5, 5.41) is 9.92. The van der Waals surface area contributed by atoms with Crippen LogP contribution in [0.25, 0.3) is 0 Å². The molecule has 0 aliphatic carbocycles. The van der Waals surface area contributed by atoms with Crippen molar-refractivity contribution in [2.75, 3.05) is 27.4 Å². The van der Waals surface area contributed by atoms with E-state index in [9.17, 15) is 5.11 Å². The second-order valence-corrected chi connectivity index (χ2v) is 5.52. The molecule has 0 saturated carbocycles. The Kier molecular flexibility index (Phi) is 6.65. The fourth-order valence-corrected chi connectivity index (χ4v) is 2.42. The average Bonchev–Trinajstić information content (AvgIpc) is 2.57. The fourth-order valence-electron chi connectivity index (χ4n) is 2.31. The Bertz CT molecular complexity index is 620. The van der Waals surface area contributed by atoms with Gasteiger partial charge in [0, 0.05) is 37.5 Å². The first-order valence-corrected chi connectivity index (χ1v) is 7.68. The molecule has 5 nitrogen and oxygen atoms in total. The van der Waals surface area contributed by atoms with Crippen LogP contribution >= 0.6 is 11.6 Å². The second-order valence-electron chi connectivity index (χ2n) is 5.08. The number of rotatable bonds is 8. The van der Waals surface area contributed by atoms with E-state index in [4.69, 9.17) is 21.1 Å². The van der Waals surface area contributed by atoms with Crippen LogP contribution in [0.4, 0.5) is 0 Å². The zero-order chi connectivity index (χ0) is 16.7. The predicted octanol–water partition coefficient (Wildman–Crippen LogP) is 2.75. The van der Waals surface area contributed by atoms with Gasteiger partial charge in [-0.05, 0) is 18.2 Å². The molecular formula is C17H21ClN2O3. The molecule has 2 rings (SSSR count). The van der Waals surface area contributed by atoms with Crippen LogP contribution in [0.2, 0.25) is 5.02 Å². The summed E-state index contributed by atoms with van der Waals surface area (Å²) in [5.74, 6) is 1.51. The molecular weight excluding hydrogens is 316 g/mol. The Morgan fingerprint density at radius 3 is 2.57 bits per heavy atom. The number of aromatic nitrogens is 1. The maximum absolute atomic E-state index is 9.31. The molecule has 2 aromatic rings. The van der Waals surface area contributed by atoms with E-state index in [1.54, 1.807) is 20.4 Å². The van der Waals surface area contributed by atoms with Crippen molar-refractivity contribution in [3.63, 3.8) is 0 Å². The zero-order valence-corrected chi connectivity index (χ0v) is 14.1. The molecule has 1 aromatic heterocycles. The number of methoxy groups -OCH3 is 2. The molecule has 0 atom stereocenters. The summed E-state index contributed by atoms with van der Waals surface area (Å²) in [7, 11) is 3.26. The molecule has 1 aromatic carbocycles. The van der Waals surface area contributed by atoms with E-state index in [1.807, 2.05) is 30.3 Å². The molecule has 0 aliphatic heterocycles. The van der Waals surface area contributed by atoms with Gasteiger partial charge < -0.3 is 14.6 Å². The Balaban J connectivity index is 2.13. The van der Waals surface area contributed by atoms with E-state index in [0.717, 1.165) is 22.8 Å². The Morgan fingerprint density at radius 1 is 1.13 bits per heavy atom. The normalized spacial score (nSPS) is 10.8. The molecule has 0 saturated heterocycles. The largest absolute Gasteiger partial charge is 0.497 e. The van der Waals surface area contributed by atoms with Gasteiger partial charge in [0.05, 0.1) is 31.5 Å². The summed E-state index contributed by atoms with van der Waals surface area (Å²) >= 11 is 5.86. The third-order valence-electron chi connectivity index (χ3n) is 3.48. The average molecular weight is 337 g/mol. The van der Waals surface area contributed by atoms with Crippen molar-refractivity contribution in [2.45, 2.75) is 13.1 Å². The van der Waals surface area contributed by atoms with Crippen LogP contribution in [-0.2, 0) is 13.1 Å². The fraction of sp³-hybridized carbons (Fsp3) is 0.353. The SMILES string of the molecule is COc1ccc(CN(CCO)Cc2ccc(Cl)cn2)c(OC)c1. The molecule has 6 heteroatoms.